The molecule has 0 aliphatic heterocycles. The summed E-state index contributed by atoms with van der Waals surface area (Å²) >= 11 is 0. The Morgan fingerprint density at radius 2 is 2.23 bits per heavy atom. The number of ether oxygens (including phenoxy) is 1. The Morgan fingerprint density at radius 1 is 1.46 bits per heavy atom. The maximum absolute atomic E-state index is 9.54. The smallest absolute Gasteiger partial charge is 0.126 e. The number of allylic oxidation sites excluding steroid dienone is 2. The topological polar surface area (TPSA) is 29.5 Å². The van der Waals surface area contributed by atoms with Gasteiger partial charge in [0.1, 0.15) is 11.5 Å². The molecular formula is C11H14O2. The summed E-state index contributed by atoms with van der Waals surface area (Å²) in [6.45, 7) is 1.95. The Morgan fingerprint density at radius 3 is 2.85 bits per heavy atom. The van der Waals surface area contributed by atoms with Crippen LogP contribution in [0.1, 0.15) is 12.5 Å². The van der Waals surface area contributed by atoms with Crippen LogP contribution in [0.3, 0.4) is 0 Å². The Bertz CT molecular complexity index is 303. The molecular weight excluding hydrogens is 164 g/mol. The summed E-state index contributed by atoms with van der Waals surface area (Å²) in [5, 5.41) is 9.54. The minimum absolute atomic E-state index is 0.289. The summed E-state index contributed by atoms with van der Waals surface area (Å²) in [7, 11) is 1.61. The summed E-state index contributed by atoms with van der Waals surface area (Å²) < 4.78 is 5.13. The SMILES string of the molecule is C/C=C/Cc1c(O)cccc1OC. The van der Waals surface area contributed by atoms with Crippen LogP contribution in [0.15, 0.2) is 30.4 Å². The number of phenolic OH excluding ortho intramolecular Hbond substituents is 1. The van der Waals surface area contributed by atoms with Crippen LogP contribution in [0.25, 0.3) is 0 Å². The zero-order valence-corrected chi connectivity index (χ0v) is 7.95. The molecule has 0 spiro atoms. The second-order valence-corrected chi connectivity index (χ2v) is 2.73. The van der Waals surface area contributed by atoms with E-state index in [0.717, 1.165) is 11.3 Å². The summed E-state index contributed by atoms with van der Waals surface area (Å²) in [5.74, 6) is 1.02. The lowest BCUT2D eigenvalue weighted by Crippen LogP contribution is -1.90. The van der Waals surface area contributed by atoms with Crippen LogP contribution in [0, 0.1) is 0 Å². The fraction of sp³-hybridized carbons (Fsp3) is 0.273. The molecule has 1 aromatic rings. The third-order valence-corrected chi connectivity index (χ3v) is 1.89. The van der Waals surface area contributed by atoms with Crippen LogP contribution < -0.4 is 4.74 Å². The Labute approximate surface area is 78.5 Å². The predicted octanol–water partition coefficient (Wildman–Crippen LogP) is 2.52. The molecule has 1 aromatic carbocycles. The minimum atomic E-state index is 0.289. The highest BCUT2D eigenvalue weighted by molar-refractivity contribution is 5.44. The second kappa shape index (κ2) is 4.55. The Balaban J connectivity index is 3.00. The summed E-state index contributed by atoms with van der Waals surface area (Å²) in [5.41, 5.74) is 0.836. The van der Waals surface area contributed by atoms with Crippen LogP contribution in [0.2, 0.25) is 0 Å². The molecule has 0 aliphatic carbocycles. The number of hydrogen-bond donors (Lipinski definition) is 1. The first-order valence-corrected chi connectivity index (χ1v) is 4.25. The fourth-order valence-electron chi connectivity index (χ4n) is 1.19. The van der Waals surface area contributed by atoms with Gasteiger partial charge >= 0.3 is 0 Å². The van der Waals surface area contributed by atoms with Crippen molar-refractivity contribution in [1.82, 2.24) is 0 Å². The van der Waals surface area contributed by atoms with Gasteiger partial charge in [0.2, 0.25) is 0 Å². The predicted molar refractivity (Wildman–Crippen MR) is 53.2 cm³/mol. The van der Waals surface area contributed by atoms with Crippen molar-refractivity contribution in [2.75, 3.05) is 7.11 Å². The van der Waals surface area contributed by atoms with E-state index in [1.54, 1.807) is 19.2 Å². The van der Waals surface area contributed by atoms with E-state index in [-0.39, 0.29) is 5.75 Å². The molecule has 0 unspecified atom stereocenters. The van der Waals surface area contributed by atoms with Gasteiger partial charge in [0.15, 0.2) is 0 Å². The van der Waals surface area contributed by atoms with E-state index in [1.807, 2.05) is 25.1 Å². The van der Waals surface area contributed by atoms with E-state index in [9.17, 15) is 5.11 Å². The van der Waals surface area contributed by atoms with Gasteiger partial charge in [-0.2, -0.15) is 0 Å². The van der Waals surface area contributed by atoms with Crippen molar-refractivity contribution < 1.29 is 9.84 Å². The van der Waals surface area contributed by atoms with Crippen molar-refractivity contribution in [3.05, 3.63) is 35.9 Å². The lowest BCUT2D eigenvalue weighted by Gasteiger charge is -2.07. The molecule has 13 heavy (non-hydrogen) atoms. The van der Waals surface area contributed by atoms with E-state index < -0.39 is 0 Å². The molecule has 0 amide bonds. The summed E-state index contributed by atoms with van der Waals surface area (Å²) in [6, 6.07) is 5.28. The highest BCUT2D eigenvalue weighted by Gasteiger charge is 2.05. The van der Waals surface area contributed by atoms with Gasteiger partial charge in [0.05, 0.1) is 7.11 Å². The largest absolute Gasteiger partial charge is 0.508 e. The lowest BCUT2D eigenvalue weighted by molar-refractivity contribution is 0.401. The highest BCUT2D eigenvalue weighted by atomic mass is 16.5. The minimum Gasteiger partial charge on any atom is -0.508 e. The number of methoxy groups -OCH3 is 1. The van der Waals surface area contributed by atoms with Crippen molar-refractivity contribution in [3.63, 3.8) is 0 Å². The van der Waals surface area contributed by atoms with Gasteiger partial charge in [-0.1, -0.05) is 18.2 Å². The van der Waals surface area contributed by atoms with Gasteiger partial charge in [-0.15, -0.1) is 0 Å². The summed E-state index contributed by atoms with van der Waals surface area (Å²) in [6.07, 6.45) is 4.63. The zero-order chi connectivity index (χ0) is 9.68. The Hall–Kier alpha value is -1.44. The third-order valence-electron chi connectivity index (χ3n) is 1.89. The number of rotatable bonds is 3. The molecule has 2 heteroatoms. The molecule has 1 N–H and O–H groups in total. The quantitative estimate of drug-likeness (QED) is 0.721. The van der Waals surface area contributed by atoms with Crippen molar-refractivity contribution >= 4 is 0 Å². The van der Waals surface area contributed by atoms with Gasteiger partial charge in [-0.3, -0.25) is 0 Å². The molecule has 0 radical (unpaired) electrons. The average Bonchev–Trinajstić information content (AvgIpc) is 2.15. The maximum atomic E-state index is 9.54. The summed E-state index contributed by atoms with van der Waals surface area (Å²) in [4.78, 5) is 0. The van der Waals surface area contributed by atoms with Crippen molar-refractivity contribution in [2.45, 2.75) is 13.3 Å². The molecule has 0 aliphatic rings. The molecule has 0 atom stereocenters. The average molecular weight is 178 g/mol. The van der Waals surface area contributed by atoms with Crippen molar-refractivity contribution in [3.8, 4) is 11.5 Å². The molecule has 0 saturated carbocycles. The lowest BCUT2D eigenvalue weighted by atomic mass is 10.1. The van der Waals surface area contributed by atoms with E-state index in [4.69, 9.17) is 4.74 Å². The number of benzene rings is 1. The first-order chi connectivity index (χ1) is 6.29. The fourth-order valence-corrected chi connectivity index (χ4v) is 1.19. The molecule has 70 valence electrons. The standard InChI is InChI=1S/C11H14O2/c1-3-4-6-9-10(12)7-5-8-11(9)13-2/h3-5,7-8,12H,6H2,1-2H3/b4-3+. The van der Waals surface area contributed by atoms with Crippen molar-refractivity contribution in [1.29, 1.82) is 0 Å². The first-order valence-electron chi connectivity index (χ1n) is 4.25. The van der Waals surface area contributed by atoms with Crippen LogP contribution in [0.5, 0.6) is 11.5 Å². The second-order valence-electron chi connectivity index (χ2n) is 2.73. The normalized spacial score (nSPS) is 10.6. The number of hydrogen-bond acceptors (Lipinski definition) is 2. The van der Waals surface area contributed by atoms with E-state index in [2.05, 4.69) is 0 Å². The first kappa shape index (κ1) is 9.65. The van der Waals surface area contributed by atoms with Gasteiger partial charge < -0.3 is 9.84 Å². The van der Waals surface area contributed by atoms with Crippen LogP contribution in [-0.4, -0.2) is 12.2 Å². The Kier molecular flexibility index (Phi) is 3.38. The van der Waals surface area contributed by atoms with Crippen molar-refractivity contribution in [2.24, 2.45) is 0 Å². The van der Waals surface area contributed by atoms with Crippen LogP contribution in [0.4, 0.5) is 0 Å². The molecule has 0 aromatic heterocycles. The molecule has 2 nitrogen and oxygen atoms in total. The number of aromatic hydroxyl groups is 1. The molecule has 0 heterocycles. The monoisotopic (exact) mass is 178 g/mol. The molecule has 0 fully saturated rings. The number of phenols is 1. The van der Waals surface area contributed by atoms with Gasteiger partial charge in [0.25, 0.3) is 0 Å². The zero-order valence-electron chi connectivity index (χ0n) is 7.95. The van der Waals surface area contributed by atoms with E-state index in [0.29, 0.717) is 6.42 Å². The molecule has 1 rings (SSSR count). The third kappa shape index (κ3) is 2.25. The van der Waals surface area contributed by atoms with E-state index in [1.165, 1.54) is 0 Å². The van der Waals surface area contributed by atoms with Gasteiger partial charge in [-0.25, -0.2) is 0 Å². The van der Waals surface area contributed by atoms with Gasteiger partial charge in [-0.05, 0) is 25.5 Å². The van der Waals surface area contributed by atoms with Crippen LogP contribution >= 0.6 is 0 Å². The maximum Gasteiger partial charge on any atom is 0.126 e. The molecule has 0 saturated heterocycles. The van der Waals surface area contributed by atoms with Gasteiger partial charge in [0, 0.05) is 5.56 Å². The van der Waals surface area contributed by atoms with E-state index >= 15 is 0 Å². The molecule has 0 bridgehead atoms. The van der Waals surface area contributed by atoms with Crippen LogP contribution in [-0.2, 0) is 6.42 Å². The highest BCUT2D eigenvalue weighted by Crippen LogP contribution is 2.27.